The molecule has 0 aromatic carbocycles. The zero-order valence-corrected chi connectivity index (χ0v) is 10.6. The molecule has 4 heteroatoms. The Morgan fingerprint density at radius 1 is 1.11 bits per heavy atom. The first-order valence-corrected chi connectivity index (χ1v) is 6.92. The maximum absolute atomic E-state index is 10.6. The van der Waals surface area contributed by atoms with E-state index in [9.17, 15) is 4.79 Å². The molecule has 1 aromatic rings. The Kier molecular flexibility index (Phi) is 3.26. The topological polar surface area (TPSA) is 46.1 Å². The second-order valence-corrected chi connectivity index (χ2v) is 5.38. The van der Waals surface area contributed by atoms with Gasteiger partial charge >= 0.3 is 0 Å². The minimum absolute atomic E-state index is 0.552. The molecule has 2 aliphatic rings. The third-order valence-electron chi connectivity index (χ3n) is 4.29. The molecule has 0 N–H and O–H groups in total. The van der Waals surface area contributed by atoms with Gasteiger partial charge in [-0.15, -0.1) is 0 Å². The molecule has 2 fully saturated rings. The number of aldehydes is 1. The van der Waals surface area contributed by atoms with Crippen molar-refractivity contribution in [1.29, 1.82) is 0 Å². The Hall–Kier alpha value is -1.45. The first-order chi connectivity index (χ1) is 8.88. The number of anilines is 1. The van der Waals surface area contributed by atoms with E-state index < -0.39 is 0 Å². The number of aromatic nitrogens is 2. The quantitative estimate of drug-likeness (QED) is 0.751. The first-order valence-electron chi connectivity index (χ1n) is 6.92. The Bertz CT molecular complexity index is 416. The van der Waals surface area contributed by atoms with Crippen LogP contribution < -0.4 is 4.90 Å². The molecule has 4 nitrogen and oxygen atoms in total. The molecule has 1 aromatic heterocycles. The van der Waals surface area contributed by atoms with Gasteiger partial charge in [0.15, 0.2) is 6.29 Å². The molecule has 2 heterocycles. The molecule has 2 atom stereocenters. The fraction of sp³-hybridized carbons (Fsp3) is 0.643. The summed E-state index contributed by atoms with van der Waals surface area (Å²) in [5, 5.41) is 0. The molecule has 1 saturated carbocycles. The number of rotatable bonds is 2. The van der Waals surface area contributed by atoms with E-state index in [-0.39, 0.29) is 0 Å². The van der Waals surface area contributed by atoms with Gasteiger partial charge in [0.05, 0.1) is 5.56 Å². The van der Waals surface area contributed by atoms with Crippen LogP contribution in [0.2, 0.25) is 0 Å². The SMILES string of the molecule is O=Cc1cnc(N2CCC[C@H]3CCCC[C@H]32)nc1. The lowest BCUT2D eigenvalue weighted by Gasteiger charge is -2.44. The second-order valence-electron chi connectivity index (χ2n) is 5.38. The highest BCUT2D eigenvalue weighted by Gasteiger charge is 2.34. The van der Waals surface area contributed by atoms with Crippen molar-refractivity contribution in [2.24, 2.45) is 5.92 Å². The number of hydrogen-bond donors (Lipinski definition) is 0. The molecule has 0 radical (unpaired) electrons. The molecule has 96 valence electrons. The third kappa shape index (κ3) is 2.11. The standard InChI is InChI=1S/C14H19N3O/c18-10-11-8-15-14(16-9-11)17-7-3-5-12-4-1-2-6-13(12)17/h8-10,12-13H,1-7H2/t12-,13-/m1/s1. The number of nitrogens with zero attached hydrogens (tertiary/aromatic N) is 3. The molecule has 0 amide bonds. The van der Waals surface area contributed by atoms with Gasteiger partial charge in [0, 0.05) is 25.0 Å². The maximum Gasteiger partial charge on any atom is 0.225 e. The van der Waals surface area contributed by atoms with Crippen molar-refractivity contribution in [3.63, 3.8) is 0 Å². The van der Waals surface area contributed by atoms with E-state index in [1.165, 1.54) is 38.5 Å². The Balaban J connectivity index is 1.82. The molecular formula is C14H19N3O. The maximum atomic E-state index is 10.6. The fourth-order valence-electron chi connectivity index (χ4n) is 3.41. The van der Waals surface area contributed by atoms with Crippen LogP contribution in [0, 0.1) is 5.92 Å². The van der Waals surface area contributed by atoms with Crippen molar-refractivity contribution in [2.45, 2.75) is 44.6 Å². The van der Waals surface area contributed by atoms with Crippen LogP contribution in [-0.2, 0) is 0 Å². The highest BCUT2D eigenvalue weighted by Crippen LogP contribution is 2.36. The van der Waals surface area contributed by atoms with Crippen LogP contribution in [0.15, 0.2) is 12.4 Å². The van der Waals surface area contributed by atoms with Crippen molar-refractivity contribution in [1.82, 2.24) is 9.97 Å². The normalized spacial score (nSPS) is 27.7. The first kappa shape index (κ1) is 11.6. The smallest absolute Gasteiger partial charge is 0.225 e. The second kappa shape index (κ2) is 5.04. The van der Waals surface area contributed by atoms with E-state index in [2.05, 4.69) is 14.9 Å². The number of piperidine rings is 1. The van der Waals surface area contributed by atoms with E-state index in [4.69, 9.17) is 0 Å². The van der Waals surface area contributed by atoms with Crippen LogP contribution in [0.5, 0.6) is 0 Å². The summed E-state index contributed by atoms with van der Waals surface area (Å²) >= 11 is 0. The highest BCUT2D eigenvalue weighted by atomic mass is 16.1. The van der Waals surface area contributed by atoms with Crippen molar-refractivity contribution >= 4 is 12.2 Å². The average Bonchev–Trinajstić information content (AvgIpc) is 2.47. The van der Waals surface area contributed by atoms with Crippen LogP contribution in [0.4, 0.5) is 5.95 Å². The number of fused-ring (bicyclic) bond motifs is 1. The van der Waals surface area contributed by atoms with Crippen LogP contribution in [-0.4, -0.2) is 28.8 Å². The molecular weight excluding hydrogens is 226 g/mol. The lowest BCUT2D eigenvalue weighted by molar-refractivity contribution is 0.112. The predicted octanol–water partition coefficient (Wildman–Crippen LogP) is 2.45. The summed E-state index contributed by atoms with van der Waals surface area (Å²) in [6.07, 6.45) is 12.0. The number of carbonyl (C=O) groups excluding carboxylic acids is 1. The zero-order chi connectivity index (χ0) is 12.4. The van der Waals surface area contributed by atoms with Crippen molar-refractivity contribution in [3.05, 3.63) is 18.0 Å². The monoisotopic (exact) mass is 245 g/mol. The molecule has 3 rings (SSSR count). The van der Waals surface area contributed by atoms with Gasteiger partial charge in [0.1, 0.15) is 0 Å². The summed E-state index contributed by atoms with van der Waals surface area (Å²) in [6, 6.07) is 0.620. The highest BCUT2D eigenvalue weighted by molar-refractivity contribution is 5.73. The summed E-state index contributed by atoms with van der Waals surface area (Å²) in [5.74, 6) is 1.62. The summed E-state index contributed by atoms with van der Waals surface area (Å²) in [7, 11) is 0. The molecule has 0 bridgehead atoms. The Labute approximate surface area is 107 Å². The van der Waals surface area contributed by atoms with Gasteiger partial charge in [-0.05, 0) is 31.6 Å². The molecule has 0 unspecified atom stereocenters. The van der Waals surface area contributed by atoms with Gasteiger partial charge in [-0.2, -0.15) is 0 Å². The van der Waals surface area contributed by atoms with Gasteiger partial charge in [0.2, 0.25) is 5.95 Å². The van der Waals surface area contributed by atoms with Crippen LogP contribution >= 0.6 is 0 Å². The molecule has 18 heavy (non-hydrogen) atoms. The van der Waals surface area contributed by atoms with Gasteiger partial charge in [-0.25, -0.2) is 9.97 Å². The van der Waals surface area contributed by atoms with Crippen LogP contribution in [0.25, 0.3) is 0 Å². The zero-order valence-electron chi connectivity index (χ0n) is 10.6. The summed E-state index contributed by atoms with van der Waals surface area (Å²) < 4.78 is 0. The fourth-order valence-corrected chi connectivity index (χ4v) is 3.41. The van der Waals surface area contributed by atoms with Crippen molar-refractivity contribution < 1.29 is 4.79 Å². The Morgan fingerprint density at radius 3 is 2.61 bits per heavy atom. The van der Waals surface area contributed by atoms with E-state index in [0.717, 1.165) is 24.7 Å². The Morgan fingerprint density at radius 2 is 1.83 bits per heavy atom. The molecule has 1 aliphatic carbocycles. The van der Waals surface area contributed by atoms with E-state index >= 15 is 0 Å². The van der Waals surface area contributed by atoms with Gasteiger partial charge in [-0.3, -0.25) is 4.79 Å². The average molecular weight is 245 g/mol. The van der Waals surface area contributed by atoms with Crippen LogP contribution in [0.3, 0.4) is 0 Å². The van der Waals surface area contributed by atoms with Gasteiger partial charge in [0.25, 0.3) is 0 Å². The van der Waals surface area contributed by atoms with E-state index in [1.54, 1.807) is 12.4 Å². The lowest BCUT2D eigenvalue weighted by Crippen LogP contribution is -2.47. The van der Waals surface area contributed by atoms with Crippen molar-refractivity contribution in [2.75, 3.05) is 11.4 Å². The van der Waals surface area contributed by atoms with E-state index in [1.807, 2.05) is 0 Å². The van der Waals surface area contributed by atoms with Crippen LogP contribution in [0.1, 0.15) is 48.9 Å². The minimum Gasteiger partial charge on any atom is -0.338 e. The molecule has 1 aliphatic heterocycles. The van der Waals surface area contributed by atoms with Gasteiger partial charge in [-0.1, -0.05) is 12.8 Å². The summed E-state index contributed by atoms with van der Waals surface area (Å²) in [4.78, 5) is 21.7. The minimum atomic E-state index is 0.552. The molecule has 1 saturated heterocycles. The van der Waals surface area contributed by atoms with Gasteiger partial charge < -0.3 is 4.90 Å². The predicted molar refractivity (Wildman–Crippen MR) is 69.7 cm³/mol. The number of carbonyl (C=O) groups is 1. The van der Waals surface area contributed by atoms with Crippen molar-refractivity contribution in [3.8, 4) is 0 Å². The largest absolute Gasteiger partial charge is 0.338 e. The summed E-state index contributed by atoms with van der Waals surface area (Å²) in [6.45, 7) is 1.06. The number of hydrogen-bond acceptors (Lipinski definition) is 4. The third-order valence-corrected chi connectivity index (χ3v) is 4.29. The lowest BCUT2D eigenvalue weighted by atomic mass is 9.78. The molecule has 0 spiro atoms. The summed E-state index contributed by atoms with van der Waals surface area (Å²) in [5.41, 5.74) is 0.552. The van der Waals surface area contributed by atoms with E-state index in [0.29, 0.717) is 11.6 Å².